The molecular weight excluding hydrogens is 442 g/mol. The molecule has 2 aromatic heterocycles. The molecular formula is C28H20N3O4+. The van der Waals surface area contributed by atoms with Gasteiger partial charge < -0.3 is 18.9 Å². The van der Waals surface area contributed by atoms with E-state index in [9.17, 15) is 0 Å². The molecule has 0 aliphatic carbocycles. The number of nitrogens with zero attached hydrogens (tertiary/aromatic N) is 3. The Balaban J connectivity index is 0.000000176. The number of rotatable bonds is 0. The van der Waals surface area contributed by atoms with Gasteiger partial charge in [0.1, 0.15) is 7.05 Å². The van der Waals surface area contributed by atoms with E-state index in [4.69, 9.17) is 18.9 Å². The first kappa shape index (κ1) is 19.8. The fourth-order valence-corrected chi connectivity index (χ4v) is 4.82. The van der Waals surface area contributed by atoms with Gasteiger partial charge in [0, 0.05) is 17.8 Å². The summed E-state index contributed by atoms with van der Waals surface area (Å²) in [6, 6.07) is 20.3. The van der Waals surface area contributed by atoms with E-state index < -0.39 is 0 Å². The number of aromatic nitrogens is 3. The summed E-state index contributed by atoms with van der Waals surface area (Å²) in [6.45, 7) is 0.555. The van der Waals surface area contributed by atoms with Crippen molar-refractivity contribution in [3.8, 4) is 23.0 Å². The lowest BCUT2D eigenvalue weighted by molar-refractivity contribution is -0.642. The van der Waals surface area contributed by atoms with Crippen LogP contribution in [0, 0.1) is 0 Å². The molecule has 7 heteroatoms. The third-order valence-corrected chi connectivity index (χ3v) is 6.40. The lowest BCUT2D eigenvalue weighted by Crippen LogP contribution is -2.28. The number of aryl methyl sites for hydroxylation is 1. The monoisotopic (exact) mass is 462 g/mol. The predicted molar refractivity (Wildman–Crippen MR) is 132 cm³/mol. The molecule has 170 valence electrons. The van der Waals surface area contributed by atoms with Crippen molar-refractivity contribution in [2.45, 2.75) is 0 Å². The van der Waals surface area contributed by atoms with Crippen molar-refractivity contribution < 1.29 is 23.5 Å². The van der Waals surface area contributed by atoms with Gasteiger partial charge >= 0.3 is 0 Å². The van der Waals surface area contributed by atoms with Gasteiger partial charge in [0.25, 0.3) is 0 Å². The highest BCUT2D eigenvalue weighted by atomic mass is 16.7. The average molecular weight is 462 g/mol. The van der Waals surface area contributed by atoms with Crippen LogP contribution in [0.15, 0.2) is 79.3 Å². The fourth-order valence-electron chi connectivity index (χ4n) is 4.82. The van der Waals surface area contributed by atoms with Crippen LogP contribution in [0.25, 0.3) is 43.5 Å². The van der Waals surface area contributed by atoms with E-state index in [1.54, 1.807) is 12.4 Å². The van der Waals surface area contributed by atoms with Crippen LogP contribution in [0.3, 0.4) is 0 Å². The van der Waals surface area contributed by atoms with E-state index >= 15 is 0 Å². The molecule has 0 spiro atoms. The molecule has 0 radical (unpaired) electrons. The molecule has 7 nitrogen and oxygen atoms in total. The number of fused-ring (bicyclic) bond motifs is 9. The zero-order chi connectivity index (χ0) is 23.4. The minimum atomic E-state index is 0.275. The Labute approximate surface area is 200 Å². The second-order valence-electron chi connectivity index (χ2n) is 8.43. The maximum absolute atomic E-state index is 5.69. The predicted octanol–water partition coefficient (Wildman–Crippen LogP) is 5.06. The molecule has 8 rings (SSSR count). The quantitative estimate of drug-likeness (QED) is 0.232. The Morgan fingerprint density at radius 3 is 2.14 bits per heavy atom. The molecule has 2 aliphatic heterocycles. The van der Waals surface area contributed by atoms with Crippen molar-refractivity contribution in [3.63, 3.8) is 0 Å². The van der Waals surface area contributed by atoms with Gasteiger partial charge in [0.15, 0.2) is 29.2 Å². The van der Waals surface area contributed by atoms with Crippen LogP contribution >= 0.6 is 0 Å². The maximum Gasteiger partial charge on any atom is 0.231 e. The Morgan fingerprint density at radius 1 is 0.657 bits per heavy atom. The van der Waals surface area contributed by atoms with E-state index in [1.165, 1.54) is 5.39 Å². The zero-order valence-electron chi connectivity index (χ0n) is 18.9. The number of hydrogen-bond acceptors (Lipinski definition) is 6. The van der Waals surface area contributed by atoms with E-state index in [1.807, 2.05) is 36.4 Å². The van der Waals surface area contributed by atoms with Crippen molar-refractivity contribution >= 4 is 43.5 Å². The third kappa shape index (κ3) is 3.16. The summed E-state index contributed by atoms with van der Waals surface area (Å²) >= 11 is 0. The van der Waals surface area contributed by atoms with Crippen LogP contribution in [0.5, 0.6) is 23.0 Å². The van der Waals surface area contributed by atoms with Crippen LogP contribution < -0.4 is 23.5 Å². The molecule has 0 amide bonds. The van der Waals surface area contributed by atoms with Crippen LogP contribution in [-0.4, -0.2) is 23.6 Å². The Kier molecular flexibility index (Phi) is 4.35. The van der Waals surface area contributed by atoms with E-state index in [-0.39, 0.29) is 13.6 Å². The summed E-state index contributed by atoms with van der Waals surface area (Å²) in [4.78, 5) is 8.24. The first-order valence-electron chi connectivity index (χ1n) is 11.3. The second-order valence-corrected chi connectivity index (χ2v) is 8.43. The summed E-state index contributed by atoms with van der Waals surface area (Å²) in [5, 5.41) is 5.66. The SMILES string of the molecule is C[n+]1cc2c3c(ccc2c2ccc4cc5c(cc4c21)OCO5)OCO3.c1ccc2nccnc2c1. The summed E-state index contributed by atoms with van der Waals surface area (Å²) in [5.41, 5.74) is 3.05. The fraction of sp³-hybridized carbons (Fsp3) is 0.107. The summed E-state index contributed by atoms with van der Waals surface area (Å²) < 4.78 is 24.4. The number of ether oxygens (including phenoxy) is 4. The van der Waals surface area contributed by atoms with Crippen molar-refractivity contribution in [3.05, 3.63) is 79.3 Å². The third-order valence-electron chi connectivity index (χ3n) is 6.40. The first-order valence-corrected chi connectivity index (χ1v) is 11.3. The summed E-state index contributed by atoms with van der Waals surface area (Å²) in [7, 11) is 2.06. The van der Waals surface area contributed by atoms with Crippen molar-refractivity contribution in [1.82, 2.24) is 9.97 Å². The number of para-hydroxylation sites is 2. The summed E-state index contributed by atoms with van der Waals surface area (Å²) in [6.07, 6.45) is 5.50. The Bertz CT molecular complexity index is 1720. The molecule has 2 aliphatic rings. The van der Waals surface area contributed by atoms with Gasteiger partial charge in [-0.1, -0.05) is 18.2 Å². The van der Waals surface area contributed by atoms with Crippen LogP contribution in [0.4, 0.5) is 0 Å². The topological polar surface area (TPSA) is 66.6 Å². The normalized spacial score (nSPS) is 13.4. The molecule has 0 N–H and O–H groups in total. The smallest absolute Gasteiger partial charge is 0.231 e. The maximum atomic E-state index is 5.69. The van der Waals surface area contributed by atoms with Gasteiger partial charge in [-0.3, -0.25) is 9.97 Å². The van der Waals surface area contributed by atoms with Gasteiger partial charge in [-0.05, 0) is 47.9 Å². The van der Waals surface area contributed by atoms with Crippen LogP contribution in [0.1, 0.15) is 0 Å². The number of hydrogen-bond donors (Lipinski definition) is 0. The molecule has 0 fully saturated rings. The van der Waals surface area contributed by atoms with Gasteiger partial charge in [0.05, 0.1) is 27.2 Å². The minimum Gasteiger partial charge on any atom is -0.454 e. The van der Waals surface area contributed by atoms with Crippen molar-refractivity contribution in [1.29, 1.82) is 0 Å². The molecule has 0 saturated heterocycles. The molecule has 4 heterocycles. The number of benzene rings is 4. The molecule has 35 heavy (non-hydrogen) atoms. The lowest BCUT2D eigenvalue weighted by Gasteiger charge is -2.08. The number of pyridine rings is 1. The Hall–Kier alpha value is -4.65. The highest BCUT2D eigenvalue weighted by Gasteiger charge is 2.24. The van der Waals surface area contributed by atoms with Crippen LogP contribution in [-0.2, 0) is 7.05 Å². The van der Waals surface area contributed by atoms with Crippen molar-refractivity contribution in [2.75, 3.05) is 13.6 Å². The van der Waals surface area contributed by atoms with Crippen LogP contribution in [0.2, 0.25) is 0 Å². The molecule has 0 atom stereocenters. The van der Waals surface area contributed by atoms with Crippen molar-refractivity contribution in [2.24, 2.45) is 7.05 Å². The highest BCUT2D eigenvalue weighted by Crippen LogP contribution is 2.43. The van der Waals surface area contributed by atoms with E-state index in [0.717, 1.165) is 61.1 Å². The summed E-state index contributed by atoms with van der Waals surface area (Å²) in [5.74, 6) is 3.22. The highest BCUT2D eigenvalue weighted by molar-refractivity contribution is 6.15. The van der Waals surface area contributed by atoms with Gasteiger partial charge in [-0.25, -0.2) is 0 Å². The second kappa shape index (κ2) is 7.70. The lowest BCUT2D eigenvalue weighted by atomic mass is 10.00. The molecule has 6 aromatic rings. The van der Waals surface area contributed by atoms with E-state index in [2.05, 4.69) is 52.0 Å². The van der Waals surface area contributed by atoms with E-state index in [0.29, 0.717) is 0 Å². The first-order chi connectivity index (χ1) is 17.3. The van der Waals surface area contributed by atoms with Gasteiger partial charge in [-0.15, -0.1) is 0 Å². The minimum absolute atomic E-state index is 0.275. The standard InChI is InChI=1S/C20H14NO4.C8H6N2/c1-21-8-15-12(4-5-16-20(15)25-10-22-16)13-3-2-11-6-17-18(24-9-23-17)7-14(11)19(13)21;1-2-4-8-7(3-1)9-5-6-10-8/h2-8H,9-10H2,1H3;1-6H/q+1;. The molecule has 0 unspecified atom stereocenters. The molecule has 0 saturated carbocycles. The molecule has 0 bridgehead atoms. The van der Waals surface area contributed by atoms with Gasteiger partial charge in [-0.2, -0.15) is 4.57 Å². The zero-order valence-corrected chi connectivity index (χ0v) is 18.9. The largest absolute Gasteiger partial charge is 0.454 e. The van der Waals surface area contributed by atoms with Gasteiger partial charge in [0.2, 0.25) is 19.1 Å². The average Bonchev–Trinajstić information content (AvgIpc) is 3.57. The Morgan fingerprint density at radius 2 is 1.34 bits per heavy atom. The molecule has 4 aromatic carbocycles.